The highest BCUT2D eigenvalue weighted by Gasteiger charge is 2.11. The number of nitrogens with one attached hydrogen (secondary N) is 1. The van der Waals surface area contributed by atoms with E-state index in [1.807, 2.05) is 12.1 Å². The molecule has 1 aromatic rings. The van der Waals surface area contributed by atoms with Gasteiger partial charge in [-0.15, -0.1) is 6.42 Å². The van der Waals surface area contributed by atoms with Crippen molar-refractivity contribution in [2.24, 2.45) is 0 Å². The maximum absolute atomic E-state index is 9.00. The Hall–Kier alpha value is -1.49. The van der Waals surface area contributed by atoms with E-state index in [-0.39, 0.29) is 0 Å². The lowest BCUT2D eigenvalue weighted by molar-refractivity contribution is 0.412. The first-order valence-corrected chi connectivity index (χ1v) is 5.42. The van der Waals surface area contributed by atoms with Gasteiger partial charge in [-0.1, -0.05) is 12.0 Å². The van der Waals surface area contributed by atoms with Crippen LogP contribution in [0.25, 0.3) is 0 Å². The van der Waals surface area contributed by atoms with Crippen LogP contribution in [0.2, 0.25) is 0 Å². The number of hydrogen-bond acceptors (Lipinski definition) is 3. The Kier molecular flexibility index (Phi) is 4.85. The first kappa shape index (κ1) is 12.6. The molecule has 1 rings (SSSR count). The van der Waals surface area contributed by atoms with Gasteiger partial charge in [0.15, 0.2) is 0 Å². The van der Waals surface area contributed by atoms with E-state index in [1.54, 1.807) is 13.2 Å². The third-order valence-electron chi connectivity index (χ3n) is 2.05. The smallest absolute Gasteiger partial charge is 0.133 e. The molecule has 0 aromatic heterocycles. The predicted octanol–water partition coefficient (Wildman–Crippen LogP) is 2.25. The highest BCUT2D eigenvalue weighted by molar-refractivity contribution is 9.10. The van der Waals surface area contributed by atoms with E-state index < -0.39 is 6.04 Å². The summed E-state index contributed by atoms with van der Waals surface area (Å²) in [6.07, 6.45) is 5.13. The molecular formula is C12H11BrN2O. The van der Waals surface area contributed by atoms with Gasteiger partial charge >= 0.3 is 0 Å². The first-order chi connectivity index (χ1) is 7.72. The zero-order valence-electron chi connectivity index (χ0n) is 8.83. The van der Waals surface area contributed by atoms with Crippen LogP contribution in [0.15, 0.2) is 22.7 Å². The van der Waals surface area contributed by atoms with E-state index in [0.29, 0.717) is 6.54 Å². The predicted molar refractivity (Wildman–Crippen MR) is 65.9 cm³/mol. The quantitative estimate of drug-likeness (QED) is 0.860. The highest BCUT2D eigenvalue weighted by atomic mass is 79.9. The maximum atomic E-state index is 9.00. The summed E-state index contributed by atoms with van der Waals surface area (Å²) >= 11 is 3.37. The van der Waals surface area contributed by atoms with Gasteiger partial charge in [0.1, 0.15) is 11.8 Å². The van der Waals surface area contributed by atoms with Crippen molar-refractivity contribution < 1.29 is 4.74 Å². The van der Waals surface area contributed by atoms with Crippen LogP contribution >= 0.6 is 15.9 Å². The average Bonchev–Trinajstić information content (AvgIpc) is 2.30. The summed E-state index contributed by atoms with van der Waals surface area (Å²) in [7, 11) is 1.60. The lowest BCUT2D eigenvalue weighted by atomic mass is 10.1. The third-order valence-corrected chi connectivity index (χ3v) is 2.67. The fourth-order valence-corrected chi connectivity index (χ4v) is 1.82. The van der Waals surface area contributed by atoms with Crippen molar-refractivity contribution in [3.8, 4) is 24.2 Å². The molecule has 0 fully saturated rings. The zero-order valence-corrected chi connectivity index (χ0v) is 10.4. The molecule has 3 nitrogen and oxygen atoms in total. The van der Waals surface area contributed by atoms with Crippen molar-refractivity contribution in [3.05, 3.63) is 28.2 Å². The van der Waals surface area contributed by atoms with Crippen LogP contribution in [-0.4, -0.2) is 13.7 Å². The minimum Gasteiger partial charge on any atom is -0.496 e. The number of benzene rings is 1. The standard InChI is InChI=1S/C12H11BrN2O/c1-3-6-15-11(8-14)9-4-5-12(16-2)10(13)7-9/h1,4-5,7,11,15H,6H2,2H3. The van der Waals surface area contributed by atoms with Gasteiger partial charge in [0, 0.05) is 0 Å². The van der Waals surface area contributed by atoms with Crippen LogP contribution in [0.4, 0.5) is 0 Å². The molecule has 1 unspecified atom stereocenters. The summed E-state index contributed by atoms with van der Waals surface area (Å²) in [6, 6.07) is 7.23. The molecule has 4 heteroatoms. The molecule has 0 aliphatic carbocycles. The van der Waals surface area contributed by atoms with E-state index in [4.69, 9.17) is 16.4 Å². The largest absolute Gasteiger partial charge is 0.496 e. The second-order valence-corrected chi connectivity index (χ2v) is 3.90. The summed E-state index contributed by atoms with van der Waals surface area (Å²) in [4.78, 5) is 0. The monoisotopic (exact) mass is 278 g/mol. The van der Waals surface area contributed by atoms with Crippen LogP contribution in [0.5, 0.6) is 5.75 Å². The minimum absolute atomic E-state index is 0.363. The number of ether oxygens (including phenoxy) is 1. The van der Waals surface area contributed by atoms with E-state index in [0.717, 1.165) is 15.8 Å². The average molecular weight is 279 g/mol. The Bertz CT molecular complexity index is 445. The summed E-state index contributed by atoms with van der Waals surface area (Å²) < 4.78 is 5.93. The fraction of sp³-hybridized carbons (Fsp3) is 0.250. The SMILES string of the molecule is C#CCNC(C#N)c1ccc(OC)c(Br)c1. The van der Waals surface area contributed by atoms with Crippen molar-refractivity contribution in [2.75, 3.05) is 13.7 Å². The number of terminal acetylenes is 1. The molecule has 0 saturated heterocycles. The fourth-order valence-electron chi connectivity index (χ4n) is 1.26. The first-order valence-electron chi connectivity index (χ1n) is 4.62. The van der Waals surface area contributed by atoms with Crippen LogP contribution in [-0.2, 0) is 0 Å². The van der Waals surface area contributed by atoms with Gasteiger partial charge < -0.3 is 4.74 Å². The summed E-state index contributed by atoms with van der Waals surface area (Å²) in [6.45, 7) is 0.363. The molecule has 0 aliphatic rings. The van der Waals surface area contributed by atoms with Crippen molar-refractivity contribution in [1.82, 2.24) is 5.32 Å². The number of rotatable bonds is 4. The molecule has 0 spiro atoms. The van der Waals surface area contributed by atoms with Crippen LogP contribution in [0.1, 0.15) is 11.6 Å². The molecule has 0 aliphatic heterocycles. The van der Waals surface area contributed by atoms with Gasteiger partial charge in [0.2, 0.25) is 0 Å². The molecule has 0 heterocycles. The van der Waals surface area contributed by atoms with Crippen molar-refractivity contribution in [2.45, 2.75) is 6.04 Å². The van der Waals surface area contributed by atoms with E-state index >= 15 is 0 Å². The molecule has 0 amide bonds. The Balaban J connectivity index is 2.91. The van der Waals surface area contributed by atoms with Gasteiger partial charge in [0.25, 0.3) is 0 Å². The summed E-state index contributed by atoms with van der Waals surface area (Å²) in [5, 5.41) is 11.9. The Morgan fingerprint density at radius 2 is 2.38 bits per heavy atom. The Morgan fingerprint density at radius 1 is 1.62 bits per heavy atom. The van der Waals surface area contributed by atoms with E-state index in [1.165, 1.54) is 0 Å². The second kappa shape index (κ2) is 6.17. The van der Waals surface area contributed by atoms with Crippen molar-refractivity contribution in [1.29, 1.82) is 5.26 Å². The summed E-state index contributed by atoms with van der Waals surface area (Å²) in [5.41, 5.74) is 0.852. The van der Waals surface area contributed by atoms with Gasteiger partial charge in [-0.2, -0.15) is 5.26 Å². The van der Waals surface area contributed by atoms with Crippen molar-refractivity contribution >= 4 is 15.9 Å². The summed E-state index contributed by atoms with van der Waals surface area (Å²) in [5.74, 6) is 3.17. The lowest BCUT2D eigenvalue weighted by Gasteiger charge is -2.11. The number of hydrogen-bond donors (Lipinski definition) is 1. The minimum atomic E-state index is -0.404. The number of nitrogens with zero attached hydrogens (tertiary/aromatic N) is 1. The topological polar surface area (TPSA) is 45.0 Å². The zero-order chi connectivity index (χ0) is 12.0. The molecule has 1 atom stereocenters. The molecule has 1 N–H and O–H groups in total. The van der Waals surface area contributed by atoms with Gasteiger partial charge in [-0.25, -0.2) is 0 Å². The molecule has 0 bridgehead atoms. The van der Waals surface area contributed by atoms with Gasteiger partial charge in [-0.3, -0.25) is 5.32 Å². The van der Waals surface area contributed by atoms with Crippen LogP contribution in [0.3, 0.4) is 0 Å². The Morgan fingerprint density at radius 3 is 2.88 bits per heavy atom. The molecule has 16 heavy (non-hydrogen) atoms. The lowest BCUT2D eigenvalue weighted by Crippen LogP contribution is -2.20. The molecule has 0 radical (unpaired) electrons. The normalized spacial score (nSPS) is 11.2. The molecular weight excluding hydrogens is 268 g/mol. The van der Waals surface area contributed by atoms with Crippen LogP contribution < -0.4 is 10.1 Å². The third kappa shape index (κ3) is 3.00. The van der Waals surface area contributed by atoms with E-state index in [2.05, 4.69) is 33.2 Å². The number of halogens is 1. The van der Waals surface area contributed by atoms with Gasteiger partial charge in [-0.05, 0) is 33.6 Å². The van der Waals surface area contributed by atoms with Crippen molar-refractivity contribution in [3.63, 3.8) is 0 Å². The number of methoxy groups -OCH3 is 1. The molecule has 1 aromatic carbocycles. The highest BCUT2D eigenvalue weighted by Crippen LogP contribution is 2.27. The van der Waals surface area contributed by atoms with Gasteiger partial charge in [0.05, 0.1) is 24.2 Å². The number of nitriles is 1. The second-order valence-electron chi connectivity index (χ2n) is 3.04. The molecule has 82 valence electrons. The Labute approximate surface area is 104 Å². The maximum Gasteiger partial charge on any atom is 0.133 e. The van der Waals surface area contributed by atoms with Crippen LogP contribution in [0, 0.1) is 23.7 Å². The van der Waals surface area contributed by atoms with E-state index in [9.17, 15) is 0 Å². The molecule has 0 saturated carbocycles.